The number of fused-ring (bicyclic) bond motifs is 3. The van der Waals surface area contributed by atoms with E-state index in [2.05, 4.69) is 25.1 Å². The summed E-state index contributed by atoms with van der Waals surface area (Å²) < 4.78 is 110. The molecule has 21 heteroatoms. The molecule has 0 bridgehead atoms. The summed E-state index contributed by atoms with van der Waals surface area (Å²) in [6.07, 6.45) is -7.51. The third-order valence-electron chi connectivity index (χ3n) is 11.7. The molecule has 1 aromatic heterocycles. The lowest BCUT2D eigenvalue weighted by atomic mass is 9.88. The minimum Gasteiger partial charge on any atom is -0.472 e. The molecule has 8 atom stereocenters. The Labute approximate surface area is 348 Å². The number of sulfonamides is 1. The van der Waals surface area contributed by atoms with Crippen LogP contribution in [0.25, 0.3) is 10.8 Å². The molecule has 2 aliphatic carbocycles. The minimum atomic E-state index is -4.90. The van der Waals surface area contributed by atoms with Crippen molar-refractivity contribution in [2.24, 2.45) is 17.8 Å². The number of allylic oxidation sites excluding steroid dienone is 1. The number of nitrogens with one attached hydrogen (secondary N) is 3. The Morgan fingerprint density at radius 3 is 2.52 bits per heavy atom. The molecule has 1 aromatic carbocycles. The molecule has 3 fully saturated rings. The highest BCUT2D eigenvalue weighted by Gasteiger charge is 2.63. The monoisotopic (exact) mass is 891 g/mol. The first kappa shape index (κ1) is 45.1. The summed E-state index contributed by atoms with van der Waals surface area (Å²) >= 11 is 6.43. The second-order valence-electron chi connectivity index (χ2n) is 16.5. The molecule has 0 unspecified atom stereocenters. The largest absolute Gasteiger partial charge is 0.472 e. The van der Waals surface area contributed by atoms with Crippen molar-refractivity contribution in [3.63, 3.8) is 0 Å². The summed E-state index contributed by atoms with van der Waals surface area (Å²) in [6.45, 7) is 4.28. The van der Waals surface area contributed by atoms with Crippen LogP contribution in [0.2, 0.25) is 5.02 Å². The highest BCUT2D eigenvalue weighted by molar-refractivity contribution is 7.91. The van der Waals surface area contributed by atoms with Crippen molar-refractivity contribution in [2.45, 2.75) is 120 Å². The lowest BCUT2D eigenvalue weighted by Crippen LogP contribution is -2.59. The number of hydrogen-bond donors (Lipinski definition) is 3. The van der Waals surface area contributed by atoms with Crippen LogP contribution in [0, 0.1) is 17.8 Å². The molecule has 0 radical (unpaired) electrons. The molecule has 0 spiro atoms. The molecule has 1 saturated heterocycles. The van der Waals surface area contributed by atoms with Gasteiger partial charge >= 0.3 is 12.3 Å². The summed E-state index contributed by atoms with van der Waals surface area (Å²) in [6, 6.07) is 3.08. The molecule has 6 rings (SSSR count). The van der Waals surface area contributed by atoms with Gasteiger partial charge < -0.3 is 29.7 Å². The van der Waals surface area contributed by atoms with Crippen LogP contribution in [0.5, 0.6) is 11.8 Å². The van der Waals surface area contributed by atoms with Gasteiger partial charge in [-0.25, -0.2) is 22.0 Å². The average Bonchev–Trinajstić information content (AvgIpc) is 4.04. The van der Waals surface area contributed by atoms with Crippen LogP contribution in [0.4, 0.5) is 26.7 Å². The molecular formula is C39H47ClF5N5O9S. The topological polar surface area (TPSA) is 182 Å². The van der Waals surface area contributed by atoms with Gasteiger partial charge in [0.1, 0.15) is 23.7 Å². The van der Waals surface area contributed by atoms with Crippen molar-refractivity contribution in [2.75, 3.05) is 13.2 Å². The maximum Gasteiger partial charge on any atom is 0.425 e. The van der Waals surface area contributed by atoms with Gasteiger partial charge in [0.25, 0.3) is 12.3 Å². The van der Waals surface area contributed by atoms with E-state index >= 15 is 0 Å². The molecule has 2 aromatic rings. The fourth-order valence-corrected chi connectivity index (χ4v) is 9.18. The number of amides is 4. The van der Waals surface area contributed by atoms with E-state index < -0.39 is 99.5 Å². The molecule has 4 aliphatic rings. The predicted molar refractivity (Wildman–Crippen MR) is 207 cm³/mol. The van der Waals surface area contributed by atoms with E-state index in [0.29, 0.717) is 49.8 Å². The van der Waals surface area contributed by atoms with Crippen LogP contribution < -0.4 is 24.8 Å². The number of pyridine rings is 1. The van der Waals surface area contributed by atoms with Gasteiger partial charge in [-0.3, -0.25) is 19.1 Å². The number of aromatic nitrogens is 1. The zero-order valence-electron chi connectivity index (χ0n) is 33.2. The fraction of sp³-hybridized carbons (Fsp3) is 0.615. The van der Waals surface area contributed by atoms with Crippen molar-refractivity contribution in [3.05, 3.63) is 41.4 Å². The molecule has 14 nitrogen and oxygen atoms in total. The number of halogens is 6. The van der Waals surface area contributed by atoms with Gasteiger partial charge in [-0.15, -0.1) is 0 Å². The van der Waals surface area contributed by atoms with Gasteiger partial charge in [0.05, 0.1) is 11.3 Å². The van der Waals surface area contributed by atoms with Crippen LogP contribution in [0.1, 0.15) is 72.6 Å². The summed E-state index contributed by atoms with van der Waals surface area (Å²) in [4.78, 5) is 61.4. The molecule has 3 heterocycles. The standard InChI is InChI=1S/C39H47ClF5N5O9S/c1-20-8-5-6-9-23-17-38(23,35(53)49-60(55,56)37(4)12-13-37)48-32(51)28-15-24(59-33-25-10-7-11-27(40)26(25)16-30(46-33)57-19-29(41)42)18-50(28)34(52)31(21(2)14-20)47-36(54)58-22(3)39(43,44)45/h6-7,9-11,16,20-24,28-29,31H,5,8,12-15,17-19H2,1-4H3,(H,47,54)(H,48,51)(H,49,53)/b9-6-/t20-,21+,22+,23+,24+,28-,31-,38+/m0/s1. The van der Waals surface area contributed by atoms with Crippen molar-refractivity contribution >= 4 is 56.2 Å². The van der Waals surface area contributed by atoms with Crippen LogP contribution in [0.15, 0.2) is 36.4 Å². The van der Waals surface area contributed by atoms with Crippen LogP contribution in [-0.4, -0.2) is 102 Å². The zero-order chi connectivity index (χ0) is 43.9. The number of benzene rings is 1. The lowest BCUT2D eigenvalue weighted by molar-refractivity contribution is -0.197. The number of alkyl carbamates (subject to hydrolysis) is 1. The first-order chi connectivity index (χ1) is 28.0. The highest BCUT2D eigenvalue weighted by Crippen LogP contribution is 2.48. The first-order valence-corrected chi connectivity index (χ1v) is 21.5. The van der Waals surface area contributed by atoms with Crippen molar-refractivity contribution in [1.29, 1.82) is 0 Å². The highest BCUT2D eigenvalue weighted by atomic mass is 35.5. The molecular weight excluding hydrogens is 845 g/mol. The van der Waals surface area contributed by atoms with Gasteiger partial charge in [0, 0.05) is 34.2 Å². The lowest BCUT2D eigenvalue weighted by Gasteiger charge is -2.33. The van der Waals surface area contributed by atoms with E-state index in [1.807, 2.05) is 13.0 Å². The molecule has 2 aliphatic heterocycles. The zero-order valence-corrected chi connectivity index (χ0v) is 34.8. The van der Waals surface area contributed by atoms with Gasteiger partial charge in [-0.2, -0.15) is 18.2 Å². The Morgan fingerprint density at radius 2 is 1.85 bits per heavy atom. The Hall–Kier alpha value is -4.46. The quantitative estimate of drug-likeness (QED) is 0.195. The maximum absolute atomic E-state index is 14.7. The van der Waals surface area contributed by atoms with Crippen molar-refractivity contribution < 1.29 is 63.8 Å². The SMILES string of the molecule is C[C@H]1CC/C=C\[C@@H]2C[C@@]2(C(=O)NS(=O)(=O)C2(C)CC2)NC(=O)[C@@H]2C[C@@H](Oc3nc(OCC(F)F)cc4c(Cl)cccc34)CN2C(=O)[C@@H](NC(=O)O[C@H](C)C(F)(F)F)[C@H](C)C1. The Morgan fingerprint density at radius 1 is 1.13 bits per heavy atom. The number of ether oxygens (including phenoxy) is 3. The van der Waals surface area contributed by atoms with E-state index in [4.69, 9.17) is 21.1 Å². The minimum absolute atomic E-state index is 0.0377. The Kier molecular flexibility index (Phi) is 12.9. The summed E-state index contributed by atoms with van der Waals surface area (Å²) in [5.74, 6) is -4.55. The Bertz CT molecular complexity index is 2140. The second kappa shape index (κ2) is 17.1. The average molecular weight is 892 g/mol. The van der Waals surface area contributed by atoms with E-state index in [9.17, 15) is 49.5 Å². The van der Waals surface area contributed by atoms with Gasteiger partial charge in [-0.05, 0) is 76.3 Å². The van der Waals surface area contributed by atoms with Gasteiger partial charge in [-0.1, -0.05) is 43.7 Å². The summed E-state index contributed by atoms with van der Waals surface area (Å²) in [5.41, 5.74) is -1.72. The van der Waals surface area contributed by atoms with E-state index in [1.54, 1.807) is 25.1 Å². The normalized spacial score (nSPS) is 29.2. The molecule has 4 amide bonds. The van der Waals surface area contributed by atoms with E-state index in [0.717, 1.165) is 4.90 Å². The van der Waals surface area contributed by atoms with Crippen LogP contribution in [-0.2, 0) is 29.1 Å². The summed E-state index contributed by atoms with van der Waals surface area (Å²) in [7, 11) is -4.13. The van der Waals surface area contributed by atoms with Crippen LogP contribution in [0.3, 0.4) is 0 Å². The number of nitrogens with zero attached hydrogens (tertiary/aromatic N) is 2. The molecule has 2 saturated carbocycles. The second-order valence-corrected chi connectivity index (χ2v) is 19.1. The predicted octanol–water partition coefficient (Wildman–Crippen LogP) is 5.81. The number of alkyl halides is 5. The van der Waals surface area contributed by atoms with Crippen molar-refractivity contribution in [1.82, 2.24) is 25.2 Å². The number of carbonyl (C=O) groups excluding carboxylic acids is 4. The van der Waals surface area contributed by atoms with E-state index in [-0.39, 0.29) is 42.1 Å². The van der Waals surface area contributed by atoms with Gasteiger partial charge in [0.15, 0.2) is 12.7 Å². The number of carbonyl (C=O) groups is 4. The Balaban J connectivity index is 1.37. The summed E-state index contributed by atoms with van der Waals surface area (Å²) in [5, 5.41) is 5.87. The molecule has 330 valence electrons. The maximum atomic E-state index is 14.7. The fourth-order valence-electron chi connectivity index (χ4n) is 7.64. The van der Waals surface area contributed by atoms with Gasteiger partial charge in [0.2, 0.25) is 33.6 Å². The van der Waals surface area contributed by atoms with Crippen LogP contribution >= 0.6 is 11.6 Å². The van der Waals surface area contributed by atoms with E-state index in [1.165, 1.54) is 19.1 Å². The third kappa shape index (κ3) is 9.84. The number of rotatable bonds is 10. The first-order valence-electron chi connectivity index (χ1n) is 19.6. The van der Waals surface area contributed by atoms with Crippen molar-refractivity contribution in [3.8, 4) is 11.8 Å². The third-order valence-corrected chi connectivity index (χ3v) is 14.2. The molecule has 60 heavy (non-hydrogen) atoms. The number of hydrogen-bond acceptors (Lipinski definition) is 10. The molecule has 3 N–H and O–H groups in total. The smallest absolute Gasteiger partial charge is 0.425 e.